The summed E-state index contributed by atoms with van der Waals surface area (Å²) in [4.78, 5) is 11.7. The first-order valence-corrected chi connectivity index (χ1v) is 5.92. The van der Waals surface area contributed by atoms with Gasteiger partial charge in [-0.15, -0.1) is 0 Å². The molecule has 2 nitrogen and oxygen atoms in total. The summed E-state index contributed by atoms with van der Waals surface area (Å²) < 4.78 is 44.3. The summed E-state index contributed by atoms with van der Waals surface area (Å²) in [7, 11) is 0. The van der Waals surface area contributed by atoms with Gasteiger partial charge in [-0.25, -0.2) is 13.2 Å². The summed E-state index contributed by atoms with van der Waals surface area (Å²) in [5, 5.41) is 0.411. The molecule has 0 heterocycles. The maximum absolute atomic E-state index is 13.4. The average Bonchev–Trinajstić information content (AvgIpc) is 2.42. The number of hydrogen-bond donors (Lipinski definition) is 0. The number of rotatable bonds is 4. The summed E-state index contributed by atoms with van der Waals surface area (Å²) in [5.74, 6) is -5.05. The molecule has 0 aliphatic carbocycles. The quantitative estimate of drug-likeness (QED) is 0.630. The number of halogens is 4. The first-order valence-electron chi connectivity index (χ1n) is 5.54. The minimum atomic E-state index is -1.68. The summed E-state index contributed by atoms with van der Waals surface area (Å²) in [6, 6.07) is 7.81. The van der Waals surface area contributed by atoms with E-state index in [1.165, 1.54) is 6.07 Å². The van der Waals surface area contributed by atoms with Gasteiger partial charge in [-0.2, -0.15) is 0 Å². The topological polar surface area (TPSA) is 26.3 Å². The molecular weight excluding hydrogens is 293 g/mol. The fourth-order valence-corrected chi connectivity index (χ4v) is 1.70. The van der Waals surface area contributed by atoms with Gasteiger partial charge in [-0.3, -0.25) is 4.79 Å². The lowest BCUT2D eigenvalue weighted by molar-refractivity contribution is 0.0916. The van der Waals surface area contributed by atoms with Gasteiger partial charge in [0.2, 0.25) is 5.78 Å². The Hall–Kier alpha value is -2.01. The third-order valence-electron chi connectivity index (χ3n) is 2.50. The van der Waals surface area contributed by atoms with Crippen molar-refractivity contribution in [3.05, 3.63) is 64.4 Å². The van der Waals surface area contributed by atoms with Gasteiger partial charge in [-0.05, 0) is 30.3 Å². The molecule has 0 atom stereocenters. The van der Waals surface area contributed by atoms with Crippen LogP contribution >= 0.6 is 11.6 Å². The van der Waals surface area contributed by atoms with Gasteiger partial charge in [-0.1, -0.05) is 17.7 Å². The first-order chi connectivity index (χ1) is 9.49. The minimum Gasteiger partial charge on any atom is -0.485 e. The maximum Gasteiger partial charge on any atom is 0.203 e. The molecule has 20 heavy (non-hydrogen) atoms. The van der Waals surface area contributed by atoms with Crippen LogP contribution in [0.2, 0.25) is 5.02 Å². The lowest BCUT2D eigenvalue weighted by Crippen LogP contribution is -2.14. The zero-order valence-electron chi connectivity index (χ0n) is 10.00. The summed E-state index contributed by atoms with van der Waals surface area (Å²) in [6.45, 7) is -0.512. The first kappa shape index (κ1) is 14.4. The van der Waals surface area contributed by atoms with Crippen LogP contribution in [0.25, 0.3) is 0 Å². The molecule has 0 bridgehead atoms. The largest absolute Gasteiger partial charge is 0.485 e. The van der Waals surface area contributed by atoms with Crippen LogP contribution < -0.4 is 4.74 Å². The van der Waals surface area contributed by atoms with Crippen LogP contribution in [0.1, 0.15) is 10.4 Å². The van der Waals surface area contributed by atoms with Crippen LogP contribution in [0.4, 0.5) is 13.2 Å². The summed E-state index contributed by atoms with van der Waals surface area (Å²) in [5.41, 5.74) is -0.564. The van der Waals surface area contributed by atoms with Crippen molar-refractivity contribution in [3.63, 3.8) is 0 Å². The molecule has 0 saturated carbocycles. The predicted molar refractivity (Wildman–Crippen MR) is 67.6 cm³/mol. The van der Waals surface area contributed by atoms with Crippen LogP contribution in [0, 0.1) is 17.5 Å². The Kier molecular flexibility index (Phi) is 4.29. The van der Waals surface area contributed by atoms with Crippen molar-refractivity contribution in [3.8, 4) is 5.75 Å². The maximum atomic E-state index is 13.4. The summed E-state index contributed by atoms with van der Waals surface area (Å²) in [6.07, 6.45) is 0. The molecule has 0 radical (unpaired) electrons. The Morgan fingerprint density at radius 3 is 2.55 bits per heavy atom. The van der Waals surface area contributed by atoms with Gasteiger partial charge in [0, 0.05) is 5.02 Å². The van der Waals surface area contributed by atoms with Gasteiger partial charge >= 0.3 is 0 Å². The Labute approximate surface area is 117 Å². The second-order valence-electron chi connectivity index (χ2n) is 3.89. The van der Waals surface area contributed by atoms with Crippen LogP contribution in [-0.2, 0) is 0 Å². The van der Waals surface area contributed by atoms with Crippen molar-refractivity contribution in [2.45, 2.75) is 0 Å². The monoisotopic (exact) mass is 300 g/mol. The molecule has 0 aliphatic rings. The molecule has 0 fully saturated rings. The highest BCUT2D eigenvalue weighted by Crippen LogP contribution is 2.19. The highest BCUT2D eigenvalue weighted by Gasteiger charge is 2.19. The molecular formula is C14H8ClF3O2. The van der Waals surface area contributed by atoms with E-state index in [0.717, 1.165) is 6.07 Å². The van der Waals surface area contributed by atoms with E-state index in [2.05, 4.69) is 0 Å². The molecule has 2 aromatic carbocycles. The fourth-order valence-electron chi connectivity index (χ4n) is 1.52. The molecule has 0 amide bonds. The zero-order chi connectivity index (χ0) is 14.7. The molecule has 0 spiro atoms. The lowest BCUT2D eigenvalue weighted by Gasteiger charge is -2.07. The van der Waals surface area contributed by atoms with Crippen molar-refractivity contribution in [1.29, 1.82) is 0 Å². The van der Waals surface area contributed by atoms with E-state index in [-0.39, 0.29) is 0 Å². The van der Waals surface area contributed by atoms with E-state index in [1.54, 1.807) is 18.2 Å². The van der Waals surface area contributed by atoms with Crippen molar-refractivity contribution in [1.82, 2.24) is 0 Å². The predicted octanol–water partition coefficient (Wildman–Crippen LogP) is 4.02. The lowest BCUT2D eigenvalue weighted by atomic mass is 10.1. The highest BCUT2D eigenvalue weighted by atomic mass is 35.5. The Morgan fingerprint density at radius 2 is 1.85 bits per heavy atom. The van der Waals surface area contributed by atoms with E-state index in [1.807, 2.05) is 0 Å². The number of hydrogen-bond acceptors (Lipinski definition) is 2. The number of benzene rings is 2. The molecule has 0 unspecified atom stereocenters. The number of ether oxygens (including phenoxy) is 1. The summed E-state index contributed by atoms with van der Waals surface area (Å²) >= 11 is 5.72. The van der Waals surface area contributed by atoms with Gasteiger partial charge in [0.25, 0.3) is 0 Å². The van der Waals surface area contributed by atoms with E-state index in [0.29, 0.717) is 16.8 Å². The van der Waals surface area contributed by atoms with E-state index in [9.17, 15) is 18.0 Å². The average molecular weight is 301 g/mol. The molecule has 2 rings (SSSR count). The number of ketones is 1. The third-order valence-corrected chi connectivity index (χ3v) is 2.74. The van der Waals surface area contributed by atoms with Crippen LogP contribution in [0.3, 0.4) is 0 Å². The number of Topliss-reactive ketones (excluding diaryl/α,β-unsaturated/α-hetero) is 1. The molecule has 104 valence electrons. The standard InChI is InChI=1S/C14H8ClF3O2/c15-8-2-1-3-9(6-8)20-7-12(19)10-4-5-11(16)14(18)13(10)17/h1-6H,7H2. The van der Waals surface area contributed by atoms with E-state index in [4.69, 9.17) is 16.3 Å². The number of carbonyl (C=O) groups excluding carboxylic acids is 1. The Morgan fingerprint density at radius 1 is 1.10 bits per heavy atom. The van der Waals surface area contributed by atoms with Gasteiger partial charge in [0.1, 0.15) is 5.75 Å². The van der Waals surface area contributed by atoms with Gasteiger partial charge < -0.3 is 4.74 Å². The number of carbonyl (C=O) groups is 1. The highest BCUT2D eigenvalue weighted by molar-refractivity contribution is 6.30. The van der Waals surface area contributed by atoms with Crippen LogP contribution in [-0.4, -0.2) is 12.4 Å². The van der Waals surface area contributed by atoms with Crippen molar-refractivity contribution < 1.29 is 22.7 Å². The van der Waals surface area contributed by atoms with Gasteiger partial charge in [0.15, 0.2) is 24.1 Å². The molecule has 0 N–H and O–H groups in total. The molecule has 0 aromatic heterocycles. The van der Waals surface area contributed by atoms with Crippen molar-refractivity contribution >= 4 is 17.4 Å². The molecule has 6 heteroatoms. The normalized spacial score (nSPS) is 10.4. The molecule has 0 saturated heterocycles. The molecule has 0 aliphatic heterocycles. The van der Waals surface area contributed by atoms with Crippen LogP contribution in [0.15, 0.2) is 36.4 Å². The van der Waals surface area contributed by atoms with Crippen molar-refractivity contribution in [2.24, 2.45) is 0 Å². The van der Waals surface area contributed by atoms with Crippen LogP contribution in [0.5, 0.6) is 5.75 Å². The second-order valence-corrected chi connectivity index (χ2v) is 4.33. The van der Waals surface area contributed by atoms with Gasteiger partial charge in [0.05, 0.1) is 5.56 Å². The molecule has 2 aromatic rings. The Bertz CT molecular complexity index is 659. The van der Waals surface area contributed by atoms with Crippen molar-refractivity contribution in [2.75, 3.05) is 6.61 Å². The fraction of sp³-hybridized carbons (Fsp3) is 0.0714. The third kappa shape index (κ3) is 3.11. The van der Waals surface area contributed by atoms with E-state index >= 15 is 0 Å². The second kappa shape index (κ2) is 5.96. The Balaban J connectivity index is 2.11. The zero-order valence-corrected chi connectivity index (χ0v) is 10.8. The van der Waals surface area contributed by atoms with E-state index < -0.39 is 35.4 Å². The SMILES string of the molecule is O=C(COc1cccc(Cl)c1)c1ccc(F)c(F)c1F. The minimum absolute atomic E-state index is 0.314. The smallest absolute Gasteiger partial charge is 0.203 e.